The topological polar surface area (TPSA) is 81.7 Å². The minimum atomic E-state index is -0.598. The number of carbonyl (C=O) groups excluding carboxylic acids is 3. The van der Waals surface area contributed by atoms with Crippen molar-refractivity contribution in [2.24, 2.45) is 0 Å². The van der Waals surface area contributed by atoms with Crippen LogP contribution in [0.3, 0.4) is 0 Å². The van der Waals surface area contributed by atoms with Crippen LogP contribution in [0.15, 0.2) is 54.6 Å². The third-order valence-corrected chi connectivity index (χ3v) is 5.80. The number of esters is 2. The fourth-order valence-corrected chi connectivity index (χ4v) is 4.04. The Morgan fingerprint density at radius 2 is 1.52 bits per heavy atom. The van der Waals surface area contributed by atoms with Crippen LogP contribution in [0.5, 0.6) is 0 Å². The van der Waals surface area contributed by atoms with Gasteiger partial charge in [-0.15, -0.1) is 11.3 Å². The summed E-state index contributed by atoms with van der Waals surface area (Å²) in [6.45, 7) is 5.15. The third-order valence-electron chi connectivity index (χ3n) is 4.68. The molecule has 0 saturated carbocycles. The zero-order valence-corrected chi connectivity index (χ0v) is 18.4. The summed E-state index contributed by atoms with van der Waals surface area (Å²) in [5, 5.41) is 3.04. The van der Waals surface area contributed by atoms with Crippen LogP contribution in [0.25, 0.3) is 11.1 Å². The second-order valence-electron chi connectivity index (χ2n) is 6.78. The van der Waals surface area contributed by atoms with E-state index in [1.165, 1.54) is 11.3 Å². The summed E-state index contributed by atoms with van der Waals surface area (Å²) in [6.07, 6.45) is 0. The number of rotatable bonds is 7. The number of aryl methyl sites for hydroxylation is 1. The predicted molar refractivity (Wildman–Crippen MR) is 121 cm³/mol. The summed E-state index contributed by atoms with van der Waals surface area (Å²) in [6, 6.07) is 16.8. The number of thiophene rings is 1. The highest BCUT2D eigenvalue weighted by molar-refractivity contribution is 7.16. The van der Waals surface area contributed by atoms with Gasteiger partial charge in [0.2, 0.25) is 0 Å². The summed E-state index contributed by atoms with van der Waals surface area (Å²) in [5.74, 6) is -1.62. The number of ether oxygens (including phenoxy) is 2. The van der Waals surface area contributed by atoms with E-state index < -0.39 is 24.5 Å². The molecule has 3 rings (SSSR count). The lowest BCUT2D eigenvalue weighted by Crippen LogP contribution is -2.21. The van der Waals surface area contributed by atoms with Gasteiger partial charge in [0.25, 0.3) is 5.91 Å². The van der Waals surface area contributed by atoms with Gasteiger partial charge < -0.3 is 14.8 Å². The molecule has 0 unspecified atom stereocenters. The van der Waals surface area contributed by atoms with Crippen LogP contribution in [-0.2, 0) is 14.3 Å². The zero-order chi connectivity index (χ0) is 22.4. The molecular weight excluding hydrogens is 414 g/mol. The maximum Gasteiger partial charge on any atom is 0.341 e. The molecule has 1 aromatic heterocycles. The summed E-state index contributed by atoms with van der Waals surface area (Å²) < 4.78 is 10.2. The molecule has 1 N–H and O–H groups in total. The van der Waals surface area contributed by atoms with Crippen LogP contribution >= 0.6 is 11.3 Å². The van der Waals surface area contributed by atoms with E-state index in [1.807, 2.05) is 49.4 Å². The fraction of sp³-hybridized carbons (Fsp3) is 0.208. The number of amides is 1. The van der Waals surface area contributed by atoms with E-state index in [0.29, 0.717) is 16.1 Å². The molecule has 3 aromatic rings. The number of hydrogen-bond acceptors (Lipinski definition) is 6. The first kappa shape index (κ1) is 22.2. The number of carbonyl (C=O) groups is 3. The van der Waals surface area contributed by atoms with E-state index in [0.717, 1.165) is 21.6 Å². The Labute approximate surface area is 184 Å². The molecule has 0 aliphatic heterocycles. The lowest BCUT2D eigenvalue weighted by atomic mass is 10.0. The molecule has 0 atom stereocenters. The minimum absolute atomic E-state index is 0.237. The molecule has 0 radical (unpaired) electrons. The number of anilines is 1. The maximum atomic E-state index is 12.3. The van der Waals surface area contributed by atoms with Gasteiger partial charge >= 0.3 is 11.9 Å². The normalized spacial score (nSPS) is 10.4. The first-order valence-electron chi connectivity index (χ1n) is 9.80. The molecule has 0 aliphatic rings. The van der Waals surface area contributed by atoms with E-state index in [2.05, 4.69) is 5.32 Å². The largest absolute Gasteiger partial charge is 0.462 e. The molecule has 1 heterocycles. The van der Waals surface area contributed by atoms with Crippen molar-refractivity contribution in [3.8, 4) is 11.1 Å². The maximum absolute atomic E-state index is 12.3. The van der Waals surface area contributed by atoms with E-state index >= 15 is 0 Å². The molecule has 0 fully saturated rings. The number of benzene rings is 2. The number of hydrogen-bond donors (Lipinski definition) is 1. The van der Waals surface area contributed by atoms with Gasteiger partial charge in [0.1, 0.15) is 5.00 Å². The first-order valence-corrected chi connectivity index (χ1v) is 10.6. The van der Waals surface area contributed by atoms with Crippen LogP contribution in [0, 0.1) is 13.8 Å². The summed E-state index contributed by atoms with van der Waals surface area (Å²) in [7, 11) is 0. The van der Waals surface area contributed by atoms with Gasteiger partial charge in [0, 0.05) is 4.88 Å². The van der Waals surface area contributed by atoms with Crippen molar-refractivity contribution in [1.29, 1.82) is 0 Å². The Hall–Kier alpha value is -3.45. The van der Waals surface area contributed by atoms with E-state index in [-0.39, 0.29) is 6.61 Å². The van der Waals surface area contributed by atoms with Gasteiger partial charge in [-0.2, -0.15) is 0 Å². The van der Waals surface area contributed by atoms with Crippen LogP contribution in [-0.4, -0.2) is 31.1 Å². The molecule has 7 heteroatoms. The van der Waals surface area contributed by atoms with Crippen molar-refractivity contribution in [2.75, 3.05) is 18.5 Å². The molecule has 2 aromatic carbocycles. The monoisotopic (exact) mass is 437 g/mol. The molecule has 0 aliphatic carbocycles. The molecule has 31 heavy (non-hydrogen) atoms. The average molecular weight is 438 g/mol. The predicted octanol–water partition coefficient (Wildman–Crippen LogP) is 5.00. The second kappa shape index (κ2) is 10.0. The van der Waals surface area contributed by atoms with Gasteiger partial charge in [-0.1, -0.05) is 42.5 Å². The van der Waals surface area contributed by atoms with Gasteiger partial charge in [-0.25, -0.2) is 9.59 Å². The van der Waals surface area contributed by atoms with Crippen LogP contribution in [0.1, 0.15) is 38.1 Å². The van der Waals surface area contributed by atoms with E-state index in [1.54, 1.807) is 26.0 Å². The van der Waals surface area contributed by atoms with Crippen molar-refractivity contribution in [3.63, 3.8) is 0 Å². The highest BCUT2D eigenvalue weighted by Gasteiger charge is 2.22. The van der Waals surface area contributed by atoms with E-state index in [9.17, 15) is 14.4 Å². The molecule has 0 saturated heterocycles. The Bertz CT molecular complexity index is 1090. The van der Waals surface area contributed by atoms with Crippen LogP contribution in [0.4, 0.5) is 5.00 Å². The first-order chi connectivity index (χ1) is 14.9. The standard InChI is InChI=1S/C24H23NO5S/c1-4-29-24(28)21-15(2)16(3)31-22(21)25-20(26)14-30-23(27)19-12-10-18(11-13-19)17-8-6-5-7-9-17/h5-13H,4,14H2,1-3H3,(H,25,26). The third kappa shape index (κ3) is 5.38. The van der Waals surface area contributed by atoms with Gasteiger partial charge in [-0.05, 0) is 49.6 Å². The van der Waals surface area contributed by atoms with Crippen molar-refractivity contribution < 1.29 is 23.9 Å². The molecular formula is C24H23NO5S. The smallest absolute Gasteiger partial charge is 0.341 e. The zero-order valence-electron chi connectivity index (χ0n) is 17.6. The Morgan fingerprint density at radius 3 is 2.16 bits per heavy atom. The summed E-state index contributed by atoms with van der Waals surface area (Å²) in [4.78, 5) is 37.7. The van der Waals surface area contributed by atoms with Crippen LogP contribution in [0.2, 0.25) is 0 Å². The molecule has 6 nitrogen and oxygen atoms in total. The fourth-order valence-electron chi connectivity index (χ4n) is 2.97. The highest BCUT2D eigenvalue weighted by Crippen LogP contribution is 2.33. The average Bonchev–Trinajstić information content (AvgIpc) is 3.05. The quantitative estimate of drug-likeness (QED) is 0.526. The molecule has 160 valence electrons. The Kier molecular flexibility index (Phi) is 7.20. The van der Waals surface area contributed by atoms with Gasteiger partial charge in [0.15, 0.2) is 6.61 Å². The highest BCUT2D eigenvalue weighted by atomic mass is 32.1. The van der Waals surface area contributed by atoms with Crippen molar-refractivity contribution >= 4 is 34.2 Å². The summed E-state index contributed by atoms with van der Waals surface area (Å²) >= 11 is 1.28. The van der Waals surface area contributed by atoms with Crippen molar-refractivity contribution in [2.45, 2.75) is 20.8 Å². The van der Waals surface area contributed by atoms with Crippen molar-refractivity contribution in [3.05, 3.63) is 76.2 Å². The Balaban J connectivity index is 1.61. The number of nitrogens with one attached hydrogen (secondary N) is 1. The lowest BCUT2D eigenvalue weighted by molar-refractivity contribution is -0.119. The van der Waals surface area contributed by atoms with Gasteiger partial charge in [0.05, 0.1) is 17.7 Å². The molecule has 1 amide bonds. The lowest BCUT2D eigenvalue weighted by Gasteiger charge is -2.08. The molecule has 0 bridgehead atoms. The summed E-state index contributed by atoms with van der Waals surface area (Å²) in [5.41, 5.74) is 3.46. The Morgan fingerprint density at radius 1 is 0.871 bits per heavy atom. The van der Waals surface area contributed by atoms with E-state index in [4.69, 9.17) is 9.47 Å². The second-order valence-corrected chi connectivity index (χ2v) is 8.00. The van der Waals surface area contributed by atoms with Crippen molar-refractivity contribution in [1.82, 2.24) is 0 Å². The van der Waals surface area contributed by atoms with Gasteiger partial charge in [-0.3, -0.25) is 4.79 Å². The minimum Gasteiger partial charge on any atom is -0.462 e. The van der Waals surface area contributed by atoms with Crippen LogP contribution < -0.4 is 5.32 Å². The molecule has 0 spiro atoms. The SMILES string of the molecule is CCOC(=O)c1c(NC(=O)COC(=O)c2ccc(-c3ccccc3)cc2)sc(C)c1C.